The Hall–Kier alpha value is -3.69. The van der Waals surface area contributed by atoms with Gasteiger partial charge in [0.25, 0.3) is 0 Å². The van der Waals surface area contributed by atoms with Crippen molar-refractivity contribution in [3.63, 3.8) is 0 Å². The minimum atomic E-state index is -0.0919. The quantitative estimate of drug-likeness (QED) is 0.515. The fourth-order valence-corrected chi connectivity index (χ4v) is 4.13. The standard InChI is InChI=1S/C24H31N9O/c1-15-12-21(28-22-13-16(2)30-31-22)29-23(26-15)32-8-10-33(11-9-32)24(34)27-17(3)19-6-7-20(25-14-19)18-4-5-18/h6-7,12-14,17-18H,4-5,8-11H2,1-3H3,(H,27,34)(H2,26,28,29,30,31). The van der Waals surface area contributed by atoms with E-state index < -0.39 is 0 Å². The van der Waals surface area contributed by atoms with E-state index in [0.29, 0.717) is 43.9 Å². The van der Waals surface area contributed by atoms with Crippen LogP contribution in [0.1, 0.15) is 54.4 Å². The van der Waals surface area contributed by atoms with Crippen molar-refractivity contribution in [1.82, 2.24) is 35.4 Å². The molecule has 5 rings (SSSR count). The molecule has 10 nitrogen and oxygen atoms in total. The number of hydrogen-bond donors (Lipinski definition) is 3. The van der Waals surface area contributed by atoms with Crippen molar-refractivity contribution < 1.29 is 4.79 Å². The van der Waals surface area contributed by atoms with Crippen molar-refractivity contribution in [3.05, 3.63) is 53.1 Å². The number of rotatable bonds is 6. The molecule has 1 unspecified atom stereocenters. The van der Waals surface area contributed by atoms with Crippen LogP contribution in [0.5, 0.6) is 0 Å². The normalized spacial score (nSPS) is 16.9. The predicted octanol–water partition coefficient (Wildman–Crippen LogP) is 3.43. The van der Waals surface area contributed by atoms with E-state index in [-0.39, 0.29) is 12.1 Å². The predicted molar refractivity (Wildman–Crippen MR) is 130 cm³/mol. The first-order valence-corrected chi connectivity index (χ1v) is 11.9. The second-order valence-electron chi connectivity index (χ2n) is 9.19. The maximum atomic E-state index is 12.8. The third-order valence-corrected chi connectivity index (χ3v) is 6.30. The van der Waals surface area contributed by atoms with Gasteiger partial charge in [-0.05, 0) is 45.2 Å². The zero-order valence-corrected chi connectivity index (χ0v) is 19.9. The molecule has 3 N–H and O–H groups in total. The van der Waals surface area contributed by atoms with Crippen LogP contribution in [0.2, 0.25) is 0 Å². The van der Waals surface area contributed by atoms with Crippen molar-refractivity contribution in [3.8, 4) is 0 Å². The van der Waals surface area contributed by atoms with Crippen LogP contribution in [-0.2, 0) is 0 Å². The van der Waals surface area contributed by atoms with Gasteiger partial charge in [-0.15, -0.1) is 0 Å². The molecule has 0 spiro atoms. The number of pyridine rings is 1. The summed E-state index contributed by atoms with van der Waals surface area (Å²) in [6.45, 7) is 8.45. The van der Waals surface area contributed by atoms with E-state index in [1.165, 1.54) is 12.8 Å². The number of aromatic amines is 1. The van der Waals surface area contributed by atoms with Gasteiger partial charge in [0.05, 0.1) is 6.04 Å². The summed E-state index contributed by atoms with van der Waals surface area (Å²) < 4.78 is 0. The number of nitrogens with one attached hydrogen (secondary N) is 3. The highest BCUT2D eigenvalue weighted by Gasteiger charge is 2.26. The molecule has 1 aliphatic carbocycles. The van der Waals surface area contributed by atoms with Crippen molar-refractivity contribution in [2.24, 2.45) is 0 Å². The molecular weight excluding hydrogens is 430 g/mol. The minimum absolute atomic E-state index is 0.0557. The summed E-state index contributed by atoms with van der Waals surface area (Å²) in [7, 11) is 0. The summed E-state index contributed by atoms with van der Waals surface area (Å²) in [6.07, 6.45) is 4.36. The molecule has 2 amide bonds. The number of carbonyl (C=O) groups is 1. The lowest BCUT2D eigenvalue weighted by Crippen LogP contribution is -2.52. The van der Waals surface area contributed by atoms with Gasteiger partial charge < -0.3 is 20.4 Å². The van der Waals surface area contributed by atoms with Gasteiger partial charge in [0.1, 0.15) is 5.82 Å². The number of aryl methyl sites for hydroxylation is 2. The first-order valence-electron chi connectivity index (χ1n) is 11.9. The number of aromatic nitrogens is 5. The molecule has 1 saturated carbocycles. The summed E-state index contributed by atoms with van der Waals surface area (Å²) in [5.74, 6) is 2.71. The van der Waals surface area contributed by atoms with E-state index in [1.54, 1.807) is 0 Å². The number of H-pyrrole nitrogens is 1. The van der Waals surface area contributed by atoms with Gasteiger partial charge in [-0.3, -0.25) is 10.1 Å². The van der Waals surface area contributed by atoms with E-state index >= 15 is 0 Å². The Balaban J connectivity index is 1.16. The van der Waals surface area contributed by atoms with Gasteiger partial charge in [-0.1, -0.05) is 6.07 Å². The Morgan fingerprint density at radius 2 is 1.88 bits per heavy atom. The van der Waals surface area contributed by atoms with Crippen LogP contribution < -0.4 is 15.5 Å². The fourth-order valence-electron chi connectivity index (χ4n) is 4.13. The van der Waals surface area contributed by atoms with E-state index in [9.17, 15) is 4.79 Å². The topological polar surface area (TPSA) is 115 Å². The van der Waals surface area contributed by atoms with Gasteiger partial charge in [-0.25, -0.2) is 9.78 Å². The molecule has 3 aromatic heterocycles. The maximum Gasteiger partial charge on any atom is 0.317 e. The number of piperazine rings is 1. The van der Waals surface area contributed by atoms with Gasteiger partial charge in [0, 0.05) is 67.5 Å². The van der Waals surface area contributed by atoms with E-state index in [0.717, 1.165) is 28.5 Å². The van der Waals surface area contributed by atoms with Crippen LogP contribution in [0, 0.1) is 13.8 Å². The van der Waals surface area contributed by atoms with Crippen LogP contribution in [0.3, 0.4) is 0 Å². The maximum absolute atomic E-state index is 12.8. The zero-order chi connectivity index (χ0) is 23.7. The van der Waals surface area contributed by atoms with Gasteiger partial charge >= 0.3 is 6.03 Å². The lowest BCUT2D eigenvalue weighted by molar-refractivity contribution is 0.191. The highest BCUT2D eigenvalue weighted by molar-refractivity contribution is 5.75. The Bertz CT molecular complexity index is 1150. The molecule has 0 aromatic carbocycles. The van der Waals surface area contributed by atoms with Gasteiger partial charge in [0.2, 0.25) is 5.95 Å². The van der Waals surface area contributed by atoms with Crippen LogP contribution in [0.4, 0.5) is 22.4 Å². The Kier molecular flexibility index (Phi) is 6.04. The lowest BCUT2D eigenvalue weighted by atomic mass is 10.1. The Labute approximate surface area is 199 Å². The molecule has 2 aliphatic rings. The van der Waals surface area contributed by atoms with Gasteiger partial charge in [0.15, 0.2) is 5.82 Å². The SMILES string of the molecule is Cc1cc(Nc2cc(C)[nH]n2)nc(N2CCN(C(=O)NC(C)c3ccc(C4CC4)nc3)CC2)n1. The van der Waals surface area contributed by atoms with Crippen LogP contribution in [-0.4, -0.2) is 62.3 Å². The zero-order valence-electron chi connectivity index (χ0n) is 19.9. The third-order valence-electron chi connectivity index (χ3n) is 6.30. The average Bonchev–Trinajstić information content (AvgIpc) is 3.61. The Morgan fingerprint density at radius 1 is 1.09 bits per heavy atom. The average molecular weight is 462 g/mol. The molecule has 1 saturated heterocycles. The molecule has 0 bridgehead atoms. The lowest BCUT2D eigenvalue weighted by Gasteiger charge is -2.35. The summed E-state index contributed by atoms with van der Waals surface area (Å²) >= 11 is 0. The number of urea groups is 1. The van der Waals surface area contributed by atoms with Crippen molar-refractivity contribution in [1.29, 1.82) is 0 Å². The second kappa shape index (κ2) is 9.28. The fraction of sp³-hybridized carbons (Fsp3) is 0.458. The molecule has 1 atom stereocenters. The molecule has 10 heteroatoms. The highest BCUT2D eigenvalue weighted by Crippen LogP contribution is 2.38. The van der Waals surface area contributed by atoms with Crippen molar-refractivity contribution in [2.75, 3.05) is 36.4 Å². The van der Waals surface area contributed by atoms with Crippen LogP contribution >= 0.6 is 0 Å². The molecule has 1 aliphatic heterocycles. The van der Waals surface area contributed by atoms with Crippen molar-refractivity contribution in [2.45, 2.75) is 45.6 Å². The number of nitrogens with zero attached hydrogens (tertiary/aromatic N) is 6. The smallest absolute Gasteiger partial charge is 0.317 e. The number of anilines is 3. The van der Waals surface area contributed by atoms with E-state index in [2.05, 4.69) is 52.8 Å². The summed E-state index contributed by atoms with van der Waals surface area (Å²) in [5, 5.41) is 13.5. The van der Waals surface area contributed by atoms with E-state index in [4.69, 9.17) is 0 Å². The number of carbonyl (C=O) groups excluding carboxylic acids is 1. The molecule has 0 radical (unpaired) electrons. The van der Waals surface area contributed by atoms with Crippen LogP contribution in [0.15, 0.2) is 30.5 Å². The largest absolute Gasteiger partial charge is 0.337 e. The minimum Gasteiger partial charge on any atom is -0.337 e. The van der Waals surface area contributed by atoms with Crippen LogP contribution in [0.25, 0.3) is 0 Å². The number of amides is 2. The number of hydrogen-bond acceptors (Lipinski definition) is 7. The monoisotopic (exact) mass is 461 g/mol. The second-order valence-corrected chi connectivity index (χ2v) is 9.19. The van der Waals surface area contributed by atoms with E-state index in [1.807, 2.05) is 44.0 Å². The summed E-state index contributed by atoms with van der Waals surface area (Å²) in [5.41, 5.74) is 4.03. The molecular formula is C24H31N9O. The molecule has 3 aromatic rings. The molecule has 34 heavy (non-hydrogen) atoms. The third kappa shape index (κ3) is 5.11. The first-order chi connectivity index (χ1) is 16.4. The Morgan fingerprint density at radius 3 is 2.53 bits per heavy atom. The summed E-state index contributed by atoms with van der Waals surface area (Å²) in [4.78, 5) is 30.7. The first kappa shape index (κ1) is 22.1. The van der Waals surface area contributed by atoms with Gasteiger partial charge in [-0.2, -0.15) is 10.1 Å². The highest BCUT2D eigenvalue weighted by atomic mass is 16.2. The summed E-state index contributed by atoms with van der Waals surface area (Å²) in [6, 6.07) is 7.84. The molecule has 4 heterocycles. The molecule has 178 valence electrons. The van der Waals surface area contributed by atoms with Crippen molar-refractivity contribution >= 4 is 23.6 Å². The molecule has 2 fully saturated rings.